The molecule has 0 radical (unpaired) electrons. The number of piperidine rings is 1. The smallest absolute Gasteiger partial charge is 0.297 e. The van der Waals surface area contributed by atoms with Gasteiger partial charge in [-0.1, -0.05) is 24.3 Å². The van der Waals surface area contributed by atoms with E-state index >= 15 is 8.42 Å². The molecule has 1 amide bonds. The molecule has 0 unspecified atom stereocenters. The molecule has 1 spiro atoms. The third-order valence-electron chi connectivity index (χ3n) is 18.2. The molecule has 18 nitrogen and oxygen atoms in total. The lowest BCUT2D eigenvalue weighted by atomic mass is 9.59. The van der Waals surface area contributed by atoms with E-state index in [0.717, 1.165) is 56.6 Å². The molecular formula is C55H63N9O9S. The molecule has 9 aliphatic rings. The highest BCUT2D eigenvalue weighted by Crippen LogP contribution is 2.57. The van der Waals surface area contributed by atoms with Crippen molar-refractivity contribution in [2.45, 2.75) is 116 Å². The van der Waals surface area contributed by atoms with Gasteiger partial charge < -0.3 is 44.8 Å². The van der Waals surface area contributed by atoms with E-state index in [1.165, 1.54) is 42.9 Å². The number of primary amides is 1. The van der Waals surface area contributed by atoms with E-state index in [4.69, 9.17) is 29.7 Å². The molecule has 5 saturated heterocycles. The first-order chi connectivity index (χ1) is 36.0. The summed E-state index contributed by atoms with van der Waals surface area (Å²) in [6, 6.07) is 19.7. The van der Waals surface area contributed by atoms with E-state index in [9.17, 15) is 14.9 Å². The number of aromatic amines is 1. The summed E-state index contributed by atoms with van der Waals surface area (Å²) >= 11 is 0. The summed E-state index contributed by atoms with van der Waals surface area (Å²) in [5, 5.41) is 17.2. The van der Waals surface area contributed by atoms with Crippen molar-refractivity contribution in [1.29, 1.82) is 0 Å². The molecule has 2 aliphatic carbocycles. The topological polar surface area (TPSA) is 211 Å². The van der Waals surface area contributed by atoms with Crippen LogP contribution >= 0.6 is 0 Å². The van der Waals surface area contributed by atoms with Crippen molar-refractivity contribution in [3.63, 3.8) is 0 Å². The number of carbonyl (C=O) groups is 1. The number of morpholine rings is 1. The third kappa shape index (κ3) is 7.89. The minimum Gasteiger partial charge on any atom is -0.489 e. The first kappa shape index (κ1) is 46.5. The molecule has 7 fully saturated rings. The number of nitrogens with one attached hydrogen (secondary N) is 2. The zero-order chi connectivity index (χ0) is 50.0. The van der Waals surface area contributed by atoms with Crippen molar-refractivity contribution in [1.82, 2.24) is 19.8 Å². The molecule has 388 valence electrons. The normalized spacial score (nSPS) is 27.7. The summed E-state index contributed by atoms with van der Waals surface area (Å²) in [5.41, 5.74) is 10.7. The minimum absolute atomic E-state index is 0.0180. The van der Waals surface area contributed by atoms with Gasteiger partial charge in [0.1, 0.15) is 28.9 Å². The van der Waals surface area contributed by atoms with Gasteiger partial charge in [0.05, 0.1) is 58.7 Å². The molecule has 9 heterocycles. The van der Waals surface area contributed by atoms with E-state index in [1.807, 2.05) is 17.0 Å². The summed E-state index contributed by atoms with van der Waals surface area (Å²) in [7, 11) is -4.77. The summed E-state index contributed by atoms with van der Waals surface area (Å²) in [5.74, 6) is -0.0360. The number of pyridine rings is 1. The lowest BCUT2D eigenvalue weighted by Gasteiger charge is -2.56. The van der Waals surface area contributed by atoms with Gasteiger partial charge in [-0.15, -0.1) is 0 Å². The van der Waals surface area contributed by atoms with E-state index in [2.05, 4.69) is 49.3 Å². The van der Waals surface area contributed by atoms with Crippen LogP contribution in [-0.2, 0) is 19.3 Å². The van der Waals surface area contributed by atoms with Gasteiger partial charge in [0.15, 0.2) is 11.4 Å². The molecule has 19 heteroatoms. The van der Waals surface area contributed by atoms with Crippen LogP contribution in [0.15, 0.2) is 76.7 Å². The second-order valence-corrected chi connectivity index (χ2v) is 24.6. The predicted molar refractivity (Wildman–Crippen MR) is 277 cm³/mol. The fourth-order valence-electron chi connectivity index (χ4n) is 14.3. The fourth-order valence-corrected chi connectivity index (χ4v) is 16.0. The van der Waals surface area contributed by atoms with Gasteiger partial charge in [0.2, 0.25) is 15.7 Å². The number of amides is 1. The number of H-pyrrole nitrogens is 1. The van der Waals surface area contributed by atoms with Gasteiger partial charge in [0, 0.05) is 86.9 Å². The van der Waals surface area contributed by atoms with E-state index in [0.29, 0.717) is 80.9 Å². The number of ether oxygens (including phenoxy) is 4. The average molecular weight is 1030 g/mol. The number of nitro groups is 1. The van der Waals surface area contributed by atoms with Crippen LogP contribution in [-0.4, -0.2) is 135 Å². The van der Waals surface area contributed by atoms with E-state index in [1.54, 1.807) is 18.3 Å². The largest absolute Gasteiger partial charge is 0.489 e. The lowest BCUT2D eigenvalue weighted by molar-refractivity contribution is -0.384. The Balaban J connectivity index is 0.843. The maximum absolute atomic E-state index is 16.2. The van der Waals surface area contributed by atoms with Gasteiger partial charge in [-0.25, -0.2) is 8.42 Å². The first-order valence-electron chi connectivity index (χ1n) is 26.9. The third-order valence-corrected chi connectivity index (χ3v) is 20.0. The van der Waals surface area contributed by atoms with Crippen molar-refractivity contribution in [3.05, 3.63) is 93.7 Å². The summed E-state index contributed by atoms with van der Waals surface area (Å²) in [6.07, 6.45) is 12.0. The van der Waals surface area contributed by atoms with Crippen LogP contribution in [0, 0.1) is 21.4 Å². The zero-order valence-corrected chi connectivity index (χ0v) is 42.3. The van der Waals surface area contributed by atoms with Crippen LogP contribution < -0.4 is 30.3 Å². The Morgan fingerprint density at radius 3 is 2.54 bits per heavy atom. The van der Waals surface area contributed by atoms with Gasteiger partial charge in [0.25, 0.3) is 11.6 Å². The van der Waals surface area contributed by atoms with Gasteiger partial charge >= 0.3 is 0 Å². The first-order valence-corrected chi connectivity index (χ1v) is 28.3. The van der Waals surface area contributed by atoms with Crippen molar-refractivity contribution < 1.29 is 37.1 Å². The van der Waals surface area contributed by atoms with E-state index in [-0.39, 0.29) is 87.1 Å². The number of aromatic nitrogens is 2. The van der Waals surface area contributed by atoms with Gasteiger partial charge in [-0.05, 0) is 111 Å². The number of nitrogens with two attached hydrogens (primary N) is 1. The Kier molecular flexibility index (Phi) is 11.2. The summed E-state index contributed by atoms with van der Waals surface area (Å²) in [6.45, 7) is 5.48. The lowest BCUT2D eigenvalue weighted by Crippen LogP contribution is -2.55. The van der Waals surface area contributed by atoms with Crippen molar-refractivity contribution in [2.75, 3.05) is 80.8 Å². The maximum atomic E-state index is 16.2. The van der Waals surface area contributed by atoms with Crippen LogP contribution in [0.5, 0.6) is 11.6 Å². The summed E-state index contributed by atoms with van der Waals surface area (Å²) < 4.78 is 57.3. The molecule has 2 aromatic heterocycles. The number of carbonyl (C=O) groups excluding carboxylic acids is 1. The maximum Gasteiger partial charge on any atom is 0.297 e. The molecule has 6 atom stereocenters. The van der Waals surface area contributed by atoms with Gasteiger partial charge in [-0.3, -0.25) is 24.7 Å². The van der Waals surface area contributed by atoms with E-state index < -0.39 is 26.4 Å². The molecule has 4 N–H and O–H groups in total. The number of hydrogen-bond donors (Lipinski definition) is 3. The molecule has 2 bridgehead atoms. The Morgan fingerprint density at radius 1 is 0.932 bits per heavy atom. The highest BCUT2D eigenvalue weighted by molar-refractivity contribution is 7.91. The van der Waals surface area contributed by atoms with Crippen LogP contribution in [0.25, 0.3) is 11.0 Å². The minimum atomic E-state index is -4.77. The molecule has 3 aromatic carbocycles. The number of anilines is 4. The predicted octanol–water partition coefficient (Wildman–Crippen LogP) is 7.45. The Hall–Kier alpha value is -5.99. The Morgan fingerprint density at radius 2 is 1.77 bits per heavy atom. The molecule has 14 rings (SSSR count). The number of nitro benzene ring substituents is 1. The highest BCUT2D eigenvalue weighted by Gasteiger charge is 2.51. The fraction of sp³-hybridized carbons (Fsp3) is 0.527. The van der Waals surface area contributed by atoms with Crippen LogP contribution in [0.1, 0.15) is 97.7 Å². The van der Waals surface area contributed by atoms with Crippen molar-refractivity contribution in [3.8, 4) is 11.6 Å². The number of nitrogens with zero attached hydrogens (tertiary/aromatic N) is 6. The number of hydrogen-bond acceptors (Lipinski definition) is 15. The molecule has 7 aliphatic heterocycles. The number of sulfone groups is 1. The van der Waals surface area contributed by atoms with Crippen LogP contribution in [0.4, 0.5) is 28.4 Å². The Labute approximate surface area is 429 Å². The SMILES string of the molecule is NC(=O)c1ccc(N2CCC3(CC2)CC(N2CCC[C@H]2c2ccccc2C2CC2)C3)c(S(=O)(=O)c2cc3c(c([N+](=O)[O-])c2)N[C@@H](CN2C[C@H]4C[C@@H]2CO4)CO3)c1N1C[C@@H]2COCC[C@@H]2Oc2nc3[nH]ccc3cc21. The molecule has 5 aromatic rings. The Bertz CT molecular complexity index is 3190. The number of benzene rings is 3. The number of fused-ring (bicyclic) bond motifs is 6. The standard InChI is InChI=1S/C55H63N9O9S/c56-52(65)42-9-10-44(60-17-13-55(14-18-60)24-37(25-55)62-16-3-6-43(62)41-5-2-1-4-40(41)32-7-8-32)51(50(42)63-26-34-29-70-19-12-47(34)73-54-46(63)20-33-11-15-57-53(33)59-54)74(68,69)39-22-45(64(66)67)49-48(23-39)72-30-35(58-49)27-61-28-38-21-36(61)31-71-38/h1-2,4-5,9-11,15,20,22-23,32,34-38,43,47,58H,3,6-8,12-14,16-19,21,24-31H2,(H2,56,65)(H,57,59)/t34-,35+,36-,38-,43+,47+/m1/s1. The molecular weight excluding hydrogens is 963 g/mol. The number of likely N-dealkylation sites (tertiary alicyclic amines) is 2. The summed E-state index contributed by atoms with van der Waals surface area (Å²) in [4.78, 5) is 43.2. The van der Waals surface area contributed by atoms with Gasteiger partial charge in [-0.2, -0.15) is 4.98 Å². The second kappa shape index (κ2) is 17.8. The monoisotopic (exact) mass is 1030 g/mol. The van der Waals surface area contributed by atoms with Crippen LogP contribution in [0.3, 0.4) is 0 Å². The quantitative estimate of drug-likeness (QED) is 0.0867. The zero-order valence-electron chi connectivity index (χ0n) is 41.5. The molecule has 74 heavy (non-hydrogen) atoms. The van der Waals surface area contributed by atoms with Crippen LogP contribution in [0.2, 0.25) is 0 Å². The average Bonchev–Trinajstić information content (AvgIpc) is 3.65. The van der Waals surface area contributed by atoms with Crippen molar-refractivity contribution in [2.24, 2.45) is 17.1 Å². The van der Waals surface area contributed by atoms with Crippen molar-refractivity contribution >= 4 is 55.2 Å². The molecule has 2 saturated carbocycles. The highest BCUT2D eigenvalue weighted by atomic mass is 32.2. The second-order valence-electron chi connectivity index (χ2n) is 22.7. The number of rotatable bonds is 11.